The Hall–Kier alpha value is -8.66. The Morgan fingerprint density at radius 1 is 0.695 bits per heavy atom. The molecule has 0 radical (unpaired) electrons. The van der Waals surface area contributed by atoms with Crippen molar-refractivity contribution in [3.8, 4) is 11.4 Å². The van der Waals surface area contributed by atoms with Crippen molar-refractivity contribution in [2.45, 2.75) is 88.5 Å². The normalized spacial score (nSPS) is 21.6. The minimum atomic E-state index is -0.219. The summed E-state index contributed by atoms with van der Waals surface area (Å²) in [6, 6.07) is 52.2. The van der Waals surface area contributed by atoms with Gasteiger partial charge in [0.25, 0.3) is 0 Å². The van der Waals surface area contributed by atoms with Crippen LogP contribution in [-0.2, 0) is 11.8 Å². The predicted octanol–water partition coefficient (Wildman–Crippen LogP) is 20.1. The van der Waals surface area contributed by atoms with Crippen LogP contribution in [0.2, 0.25) is 0 Å². The van der Waals surface area contributed by atoms with Gasteiger partial charge in [0.2, 0.25) is 0 Å². The van der Waals surface area contributed by atoms with Crippen LogP contribution in [0.4, 0.5) is 5.69 Å². The molecule has 0 fully saturated rings. The molecule has 7 aliphatic rings. The van der Waals surface area contributed by atoms with Crippen molar-refractivity contribution in [1.29, 1.82) is 0 Å². The highest BCUT2D eigenvalue weighted by Crippen LogP contribution is 2.59. The number of para-hydroxylation sites is 2. The fourth-order valence-corrected chi connectivity index (χ4v) is 14.6. The molecular formula is C79H72N2O. The summed E-state index contributed by atoms with van der Waals surface area (Å²) in [5.41, 5.74) is 23.0. The van der Waals surface area contributed by atoms with Gasteiger partial charge in [-0.15, -0.1) is 6.58 Å². The Morgan fingerprint density at radius 3 is 2.33 bits per heavy atom. The molecule has 0 bridgehead atoms. The van der Waals surface area contributed by atoms with Crippen LogP contribution in [-0.4, -0.2) is 17.2 Å². The van der Waals surface area contributed by atoms with Gasteiger partial charge in [0.1, 0.15) is 5.75 Å². The van der Waals surface area contributed by atoms with Crippen molar-refractivity contribution in [3.63, 3.8) is 0 Å². The van der Waals surface area contributed by atoms with Gasteiger partial charge in [0, 0.05) is 45.0 Å². The van der Waals surface area contributed by atoms with Crippen LogP contribution >= 0.6 is 0 Å². The van der Waals surface area contributed by atoms with Crippen LogP contribution in [0.25, 0.3) is 50.2 Å². The molecule has 4 unspecified atom stereocenters. The maximum atomic E-state index is 6.59. The second-order valence-electron chi connectivity index (χ2n) is 23.4. The highest BCUT2D eigenvalue weighted by Gasteiger charge is 2.48. The van der Waals surface area contributed by atoms with Gasteiger partial charge in [-0.25, -0.2) is 0 Å². The lowest BCUT2D eigenvalue weighted by Gasteiger charge is -2.40. The average Bonchev–Trinajstić information content (AvgIpc) is 3.29. The zero-order valence-corrected chi connectivity index (χ0v) is 47.2. The van der Waals surface area contributed by atoms with Crippen LogP contribution in [0.3, 0.4) is 0 Å². The molecule has 6 aromatic carbocycles. The van der Waals surface area contributed by atoms with E-state index >= 15 is 0 Å². The van der Waals surface area contributed by atoms with E-state index in [1.165, 1.54) is 111 Å². The fourth-order valence-electron chi connectivity index (χ4n) is 14.6. The summed E-state index contributed by atoms with van der Waals surface area (Å²) in [5, 5.41) is 3.80. The largest absolute Gasteiger partial charge is 0.494 e. The first-order valence-electron chi connectivity index (χ1n) is 30.3. The van der Waals surface area contributed by atoms with Gasteiger partial charge >= 0.3 is 0 Å². The van der Waals surface area contributed by atoms with E-state index in [0.29, 0.717) is 18.4 Å². The zero-order valence-electron chi connectivity index (χ0n) is 47.2. The number of benzene rings is 6. The van der Waals surface area contributed by atoms with Crippen molar-refractivity contribution in [2.24, 2.45) is 11.8 Å². The van der Waals surface area contributed by atoms with Gasteiger partial charge in [0.15, 0.2) is 0 Å². The van der Waals surface area contributed by atoms with E-state index in [9.17, 15) is 0 Å². The molecule has 1 aromatic heterocycles. The van der Waals surface area contributed by atoms with Gasteiger partial charge < -0.3 is 14.2 Å². The highest BCUT2D eigenvalue weighted by atomic mass is 16.5. The Morgan fingerprint density at radius 2 is 1.54 bits per heavy atom. The lowest BCUT2D eigenvalue weighted by molar-refractivity contribution is 0.301. The topological polar surface area (TPSA) is 17.4 Å². The zero-order chi connectivity index (χ0) is 55.0. The lowest BCUT2D eigenvalue weighted by Crippen LogP contribution is -2.37. The first-order valence-corrected chi connectivity index (χ1v) is 30.3. The van der Waals surface area contributed by atoms with E-state index in [2.05, 4.69) is 253 Å². The SMILES string of the molecule is C=CC1=CC=C(c2ccc3cc(OCCCCC4(C5=CC=CCC5)C5=CC(N(C6=CCC(C7=Cc8c(n(-c9ccccc9)c9ccc(C%10=CCC(C=C)C=C%10)cc89)CC7)C=C6)c6ccccc6)CC=C5c5ccccc54)ccc3c2)CC1. The third-order valence-electron chi connectivity index (χ3n) is 18.8. The molecule has 0 amide bonds. The molecule has 4 atom stereocenters. The number of rotatable bonds is 16. The van der Waals surface area contributed by atoms with Crippen molar-refractivity contribution in [1.82, 2.24) is 4.57 Å². The Bertz CT molecular complexity index is 4040. The van der Waals surface area contributed by atoms with Gasteiger partial charge in [-0.05, 0) is 205 Å². The monoisotopic (exact) mass is 1060 g/mol. The summed E-state index contributed by atoms with van der Waals surface area (Å²) in [6.07, 6.45) is 50.2. The molecule has 7 aromatic rings. The smallest absolute Gasteiger partial charge is 0.119 e. The van der Waals surface area contributed by atoms with E-state index < -0.39 is 0 Å². The number of ether oxygens (including phenoxy) is 1. The molecule has 82 heavy (non-hydrogen) atoms. The van der Waals surface area contributed by atoms with Gasteiger partial charge in [-0.1, -0.05) is 194 Å². The summed E-state index contributed by atoms with van der Waals surface area (Å²) in [5.74, 6) is 1.68. The minimum Gasteiger partial charge on any atom is -0.494 e. The van der Waals surface area contributed by atoms with Crippen LogP contribution in [0, 0.1) is 11.8 Å². The van der Waals surface area contributed by atoms with Crippen LogP contribution in [0.5, 0.6) is 5.75 Å². The quantitative estimate of drug-likeness (QED) is 0.0709. The molecule has 404 valence electrons. The third kappa shape index (κ3) is 9.54. The summed E-state index contributed by atoms with van der Waals surface area (Å²) in [4.78, 5) is 2.64. The molecule has 3 heteroatoms. The predicted molar refractivity (Wildman–Crippen MR) is 347 cm³/mol. The second-order valence-corrected chi connectivity index (χ2v) is 23.4. The van der Waals surface area contributed by atoms with E-state index in [1.807, 2.05) is 6.08 Å². The van der Waals surface area contributed by atoms with Gasteiger partial charge in [0.05, 0.1) is 18.2 Å². The van der Waals surface area contributed by atoms with Crippen LogP contribution < -0.4 is 9.64 Å². The number of unbranched alkanes of at least 4 members (excludes halogenated alkanes) is 1. The van der Waals surface area contributed by atoms with Crippen molar-refractivity contribution >= 4 is 50.2 Å². The number of hydrogen-bond donors (Lipinski definition) is 0. The van der Waals surface area contributed by atoms with Gasteiger partial charge in [-0.3, -0.25) is 0 Å². The van der Waals surface area contributed by atoms with Crippen LogP contribution in [0.1, 0.15) is 104 Å². The molecular weight excluding hydrogens is 993 g/mol. The van der Waals surface area contributed by atoms with E-state index in [0.717, 1.165) is 82.8 Å². The molecule has 0 saturated heterocycles. The van der Waals surface area contributed by atoms with E-state index in [1.54, 1.807) is 0 Å². The van der Waals surface area contributed by atoms with E-state index in [-0.39, 0.29) is 11.5 Å². The second kappa shape index (κ2) is 22.4. The average molecular weight is 1070 g/mol. The Labute approximate surface area is 485 Å². The fraction of sp³-hybridized carbons (Fsp3) is 0.215. The van der Waals surface area contributed by atoms with Gasteiger partial charge in [-0.2, -0.15) is 0 Å². The Balaban J connectivity index is 0.740. The first-order chi connectivity index (χ1) is 40.5. The van der Waals surface area contributed by atoms with Crippen molar-refractivity contribution in [3.05, 3.63) is 305 Å². The van der Waals surface area contributed by atoms with Crippen molar-refractivity contribution < 1.29 is 4.74 Å². The summed E-state index contributed by atoms with van der Waals surface area (Å²) >= 11 is 0. The minimum absolute atomic E-state index is 0.141. The molecule has 1 heterocycles. The molecule has 0 aliphatic heterocycles. The third-order valence-corrected chi connectivity index (χ3v) is 18.8. The maximum Gasteiger partial charge on any atom is 0.119 e. The molecule has 14 rings (SSSR count). The lowest BCUT2D eigenvalue weighted by atomic mass is 9.65. The first kappa shape index (κ1) is 51.5. The summed E-state index contributed by atoms with van der Waals surface area (Å²) in [6.45, 7) is 8.70. The maximum absolute atomic E-state index is 6.59. The summed E-state index contributed by atoms with van der Waals surface area (Å²) in [7, 11) is 0. The molecule has 7 aliphatic carbocycles. The standard InChI is InChI=1S/C79H72N2O/c1-3-55-26-30-57(31-27-55)60-34-35-62-51-70(44-38-61(62)50-60)82-49-17-16-48-79(65-18-8-5-9-19-65)75-25-15-14-24-71(75)72-45-43-69(54-76(72)79)80(66-20-10-6-11-21-66)68-41-36-59(37-42-68)64-40-47-78-74(53-64)73-52-63(58-32-28-56(4-2)29-33-58)39-46-77(73)81(78)67-22-12-7-13-23-67/h3-8,10-15,18,20-26,28,30,32-36,38-39,41-42,44-46,50-54,56,59,69H,1-2,9,16-17,19,27,29,31,37,40,43,47-49H2. The van der Waals surface area contributed by atoms with Crippen molar-refractivity contribution in [2.75, 3.05) is 11.5 Å². The Kier molecular flexibility index (Phi) is 14.0. The summed E-state index contributed by atoms with van der Waals surface area (Å²) < 4.78 is 9.11. The highest BCUT2D eigenvalue weighted by molar-refractivity contribution is 5.97. The molecule has 0 spiro atoms. The number of fused-ring (bicyclic) bond motifs is 7. The number of hydrogen-bond acceptors (Lipinski definition) is 2. The van der Waals surface area contributed by atoms with E-state index in [4.69, 9.17) is 4.74 Å². The molecule has 0 N–H and O–H groups in total. The number of nitrogens with zero attached hydrogens (tertiary/aromatic N) is 2. The number of aromatic nitrogens is 1. The number of anilines is 1. The molecule has 3 nitrogen and oxygen atoms in total. The number of allylic oxidation sites excluding steroid dienone is 20. The molecule has 0 saturated carbocycles. The van der Waals surface area contributed by atoms with Crippen LogP contribution in [0.15, 0.2) is 272 Å².